The number of nitrogens with one attached hydrogen (secondary N) is 4. The van der Waals surface area contributed by atoms with Crippen molar-refractivity contribution in [1.82, 2.24) is 21.3 Å². The quantitative estimate of drug-likeness (QED) is 0.0326. The number of allylic oxidation sites excluding steroid dienone is 2. The van der Waals surface area contributed by atoms with Crippen molar-refractivity contribution in [1.29, 1.82) is 0 Å². The summed E-state index contributed by atoms with van der Waals surface area (Å²) in [5.74, 6) is -2.58. The van der Waals surface area contributed by atoms with Gasteiger partial charge in [-0.05, 0) is 43.9 Å². The number of amides is 4. The van der Waals surface area contributed by atoms with E-state index in [0.717, 1.165) is 46.5 Å². The van der Waals surface area contributed by atoms with Crippen LogP contribution in [0, 0.1) is 0 Å². The van der Waals surface area contributed by atoms with Crippen LogP contribution in [0.3, 0.4) is 0 Å². The first-order valence-electron chi connectivity index (χ1n) is 25.0. The van der Waals surface area contributed by atoms with Gasteiger partial charge in [0.15, 0.2) is 25.2 Å². The molecule has 4 fully saturated rings. The fourth-order valence-corrected chi connectivity index (χ4v) is 9.21. The van der Waals surface area contributed by atoms with Gasteiger partial charge in [-0.3, -0.25) is 19.2 Å². The van der Waals surface area contributed by atoms with Gasteiger partial charge in [-0.15, -0.1) is 0 Å². The molecule has 5 rings (SSSR count). The molecule has 4 heterocycles. The number of hydrogen-bond donors (Lipinski definition) is 14. The number of carbonyl (C=O) groups excluding carboxylic acids is 4. The molecule has 0 aliphatic carbocycles. The van der Waals surface area contributed by atoms with Crippen molar-refractivity contribution in [2.45, 2.75) is 195 Å². The van der Waals surface area contributed by atoms with Gasteiger partial charge in [-0.2, -0.15) is 0 Å². The maximum Gasteiger partial charge on any atom is 0.251 e. The lowest BCUT2D eigenvalue weighted by Gasteiger charge is -2.51. The minimum absolute atomic E-state index is 0.0817. The van der Waals surface area contributed by atoms with Gasteiger partial charge in [0.25, 0.3) is 5.91 Å². The van der Waals surface area contributed by atoms with Gasteiger partial charge >= 0.3 is 0 Å². The second kappa shape index (κ2) is 29.5. The molecule has 9 unspecified atom stereocenters. The number of unbranched alkanes of at least 4 members (excludes halogenated alkanes) is 5. The Morgan fingerprint density at radius 3 is 1.47 bits per heavy atom. The Labute approximate surface area is 428 Å². The van der Waals surface area contributed by atoms with Gasteiger partial charge in [0.1, 0.15) is 103 Å². The molecule has 14 N–H and O–H groups in total. The average molecular weight is 1060 g/mol. The molecule has 0 spiro atoms. The van der Waals surface area contributed by atoms with Crippen molar-refractivity contribution in [3.8, 4) is 5.75 Å². The Balaban J connectivity index is 1.32. The van der Waals surface area contributed by atoms with Crippen LogP contribution in [-0.4, -0.2) is 230 Å². The first kappa shape index (κ1) is 60.8. The number of aliphatic hydroxyl groups is 10. The van der Waals surface area contributed by atoms with E-state index in [4.69, 9.17) is 37.9 Å². The number of benzene rings is 1. The van der Waals surface area contributed by atoms with Crippen LogP contribution in [0.5, 0.6) is 5.75 Å². The molecule has 20 atom stereocenters. The second-order valence-corrected chi connectivity index (χ2v) is 18.7. The Kier molecular flexibility index (Phi) is 24.2. The molecule has 1 aromatic carbocycles. The summed E-state index contributed by atoms with van der Waals surface area (Å²) < 4.78 is 47.4. The lowest BCUT2D eigenvalue weighted by molar-refractivity contribution is -0.361. The third-order valence-corrected chi connectivity index (χ3v) is 13.0. The van der Waals surface area contributed by atoms with E-state index in [1.54, 1.807) is 12.1 Å². The van der Waals surface area contributed by atoms with Gasteiger partial charge < -0.3 is 110 Å². The van der Waals surface area contributed by atoms with Crippen LogP contribution in [0.15, 0.2) is 36.4 Å². The summed E-state index contributed by atoms with van der Waals surface area (Å²) in [4.78, 5) is 50.9. The van der Waals surface area contributed by atoms with Crippen LogP contribution in [0.4, 0.5) is 0 Å². The molecule has 4 saturated heterocycles. The summed E-state index contributed by atoms with van der Waals surface area (Å²) in [7, 11) is 0. The molecule has 1 aromatic rings. The van der Waals surface area contributed by atoms with Crippen molar-refractivity contribution in [3.05, 3.63) is 42.0 Å². The topological polar surface area (TPSA) is 393 Å². The van der Waals surface area contributed by atoms with Crippen LogP contribution >= 0.6 is 0 Å². The molecule has 26 nitrogen and oxygen atoms in total. The summed E-state index contributed by atoms with van der Waals surface area (Å²) in [6.45, 7) is 2.23. The van der Waals surface area contributed by atoms with Crippen LogP contribution < -0.4 is 26.0 Å². The van der Waals surface area contributed by atoms with Crippen molar-refractivity contribution in [2.24, 2.45) is 0 Å². The molecule has 420 valence electrons. The Hall–Kier alpha value is -4.04. The summed E-state index contributed by atoms with van der Waals surface area (Å²) in [6.07, 6.45) is -16.1. The van der Waals surface area contributed by atoms with Gasteiger partial charge in [0.2, 0.25) is 17.7 Å². The van der Waals surface area contributed by atoms with E-state index in [1.807, 2.05) is 0 Å². The minimum atomic E-state index is -1.94. The molecule has 26 heteroatoms. The van der Waals surface area contributed by atoms with Gasteiger partial charge in [-0.1, -0.05) is 44.4 Å². The lowest BCUT2D eigenvalue weighted by atomic mass is 9.93. The maximum absolute atomic E-state index is 13.8. The lowest BCUT2D eigenvalue weighted by Crippen LogP contribution is -2.71. The average Bonchev–Trinajstić information content (AvgIpc) is 3.36. The van der Waals surface area contributed by atoms with Gasteiger partial charge in [-0.25, -0.2) is 0 Å². The molecule has 4 amide bonds. The third kappa shape index (κ3) is 16.0. The highest BCUT2D eigenvalue weighted by atomic mass is 16.8. The number of aliphatic hydroxyl groups excluding tert-OH is 10. The number of carbonyl (C=O) groups is 4. The normalized spacial score (nSPS) is 36.5. The van der Waals surface area contributed by atoms with Gasteiger partial charge in [0.05, 0.1) is 33.0 Å². The highest BCUT2D eigenvalue weighted by Gasteiger charge is 2.56. The van der Waals surface area contributed by atoms with E-state index in [0.29, 0.717) is 12.4 Å². The zero-order valence-electron chi connectivity index (χ0n) is 41.9. The molecule has 74 heavy (non-hydrogen) atoms. The number of rotatable bonds is 25. The SMILES string of the molecule is CCCCCC/C=C\CCCOc1cccc(C(=O)NC2[C@H](O[C@H]3C(O)C(NC(C)=O)[C@H](O[C@@H]4C(CO)O[C@@H](O[C@H]5C(O)C(NC(C)=O)C(O)O[C@H]5CO)C(NC(C)=O)[C@H]4O)O[C@H]3CO)OC(CO)[C@@H](O)[C@@H]2O)c1. The highest BCUT2D eigenvalue weighted by molar-refractivity contribution is 5.94. The molecule has 0 radical (unpaired) electrons. The standard InChI is InChI=1S/C48H76N4O22/c1-5-6-7-8-9-10-11-12-13-17-67-27-16-14-15-26(18-27)44(65)52-33-37(61)36(60)28(19-53)69-46(33)73-42-30(21-55)71-48(35(39(42)63)51-25(4)59)74-43-31(22-56)70-47(34(40(43)64)50-24(3)58)72-41-29(20-54)68-45(66)32(38(41)62)49-23(2)57/h10-11,14-16,18,28-43,45-48,53-56,60-64,66H,5-9,12-13,17,19-22H2,1-4H3,(H,49,57)(H,50,58)(H,51,59)(H,52,65)/b11-10-/t28?,29-,30-,31?,32?,33?,34?,35?,36+,37+,38?,39?,40+,41+,42+,43+,45?,46-,47-,48-/m0/s1. The molecule has 0 aromatic heterocycles. The van der Waals surface area contributed by atoms with Crippen LogP contribution in [0.1, 0.15) is 83.0 Å². The minimum Gasteiger partial charge on any atom is -0.494 e. The van der Waals surface area contributed by atoms with E-state index in [1.165, 1.54) is 31.4 Å². The molecular formula is C48H76N4O22. The molecule has 4 aliphatic heterocycles. The van der Waals surface area contributed by atoms with Gasteiger partial charge in [0, 0.05) is 26.3 Å². The summed E-state index contributed by atoms with van der Waals surface area (Å²) >= 11 is 0. The summed E-state index contributed by atoms with van der Waals surface area (Å²) in [6, 6.07) is -0.191. The first-order chi connectivity index (χ1) is 35.4. The molecule has 0 bridgehead atoms. The predicted octanol–water partition coefficient (Wildman–Crippen LogP) is -4.19. The van der Waals surface area contributed by atoms with Crippen molar-refractivity contribution < 1.29 is 108 Å². The molecule has 0 saturated carbocycles. The zero-order chi connectivity index (χ0) is 54.2. The highest BCUT2D eigenvalue weighted by Crippen LogP contribution is 2.35. The second-order valence-electron chi connectivity index (χ2n) is 18.7. The first-order valence-corrected chi connectivity index (χ1v) is 25.0. The van der Waals surface area contributed by atoms with Crippen LogP contribution in [0.25, 0.3) is 0 Å². The fraction of sp³-hybridized carbons (Fsp3) is 0.750. The molecule has 4 aliphatic rings. The van der Waals surface area contributed by atoms with Crippen molar-refractivity contribution in [2.75, 3.05) is 33.0 Å². The number of hydrogen-bond acceptors (Lipinski definition) is 22. The van der Waals surface area contributed by atoms with E-state index in [-0.39, 0.29) is 5.56 Å². The van der Waals surface area contributed by atoms with Crippen LogP contribution in [-0.2, 0) is 47.5 Å². The van der Waals surface area contributed by atoms with Crippen LogP contribution in [0.2, 0.25) is 0 Å². The van der Waals surface area contributed by atoms with E-state index < -0.39 is 173 Å². The number of ether oxygens (including phenoxy) is 8. The zero-order valence-corrected chi connectivity index (χ0v) is 41.9. The Morgan fingerprint density at radius 1 is 0.541 bits per heavy atom. The molecular weight excluding hydrogens is 985 g/mol. The summed E-state index contributed by atoms with van der Waals surface area (Å²) in [5.41, 5.74) is 0.0817. The van der Waals surface area contributed by atoms with E-state index >= 15 is 0 Å². The van der Waals surface area contributed by atoms with Crippen molar-refractivity contribution >= 4 is 23.6 Å². The Bertz CT molecular complexity index is 1960. The Morgan fingerprint density at radius 2 is 0.986 bits per heavy atom. The van der Waals surface area contributed by atoms with Crippen molar-refractivity contribution in [3.63, 3.8) is 0 Å². The largest absolute Gasteiger partial charge is 0.494 e. The smallest absolute Gasteiger partial charge is 0.251 e. The monoisotopic (exact) mass is 1060 g/mol. The van der Waals surface area contributed by atoms with E-state index in [9.17, 15) is 70.2 Å². The predicted molar refractivity (Wildman–Crippen MR) is 253 cm³/mol. The fourth-order valence-electron chi connectivity index (χ4n) is 9.21. The third-order valence-electron chi connectivity index (χ3n) is 13.0. The van der Waals surface area contributed by atoms with E-state index in [2.05, 4.69) is 40.3 Å². The summed E-state index contributed by atoms with van der Waals surface area (Å²) in [5, 5.41) is 119. The maximum atomic E-state index is 13.8.